The molecule has 1 unspecified atom stereocenters. The molecule has 3 aromatic carbocycles. The summed E-state index contributed by atoms with van der Waals surface area (Å²) in [5.41, 5.74) is 3.13. The minimum Gasteiger partial charge on any atom is -0.346 e. The Kier molecular flexibility index (Phi) is 5.10. The number of hydrogen-bond acceptors (Lipinski definition) is 2. The second kappa shape index (κ2) is 7.90. The molecule has 2 heterocycles. The number of aliphatic hydroxyl groups is 1. The molecule has 0 saturated heterocycles. The Morgan fingerprint density at radius 2 is 1.50 bits per heavy atom. The Morgan fingerprint density at radius 1 is 0.800 bits per heavy atom. The van der Waals surface area contributed by atoms with Crippen LogP contribution in [0.25, 0.3) is 11.1 Å². The van der Waals surface area contributed by atoms with Crippen LogP contribution >= 0.6 is 11.6 Å². The van der Waals surface area contributed by atoms with Crippen LogP contribution in [0.1, 0.15) is 31.2 Å². The van der Waals surface area contributed by atoms with Crippen LogP contribution in [-0.4, -0.2) is 28.6 Å². The van der Waals surface area contributed by atoms with Crippen LogP contribution in [0.4, 0.5) is 5.69 Å². The van der Waals surface area contributed by atoms with E-state index >= 15 is 0 Å². The fourth-order valence-corrected chi connectivity index (χ4v) is 4.88. The monoisotopic (exact) mass is 417 g/mol. The minimum absolute atomic E-state index is 0.579. The van der Waals surface area contributed by atoms with Gasteiger partial charge in [-0.05, 0) is 54.7 Å². The van der Waals surface area contributed by atoms with E-state index in [9.17, 15) is 5.11 Å². The first-order chi connectivity index (χ1) is 14.6. The van der Waals surface area contributed by atoms with E-state index in [1.807, 2.05) is 42.5 Å². The van der Waals surface area contributed by atoms with Crippen LogP contribution in [0.5, 0.6) is 0 Å². The molecule has 3 aromatic rings. The van der Waals surface area contributed by atoms with Crippen molar-refractivity contribution in [2.45, 2.75) is 31.4 Å². The van der Waals surface area contributed by atoms with Gasteiger partial charge in [0.05, 0.1) is 6.54 Å². The third-order valence-corrected chi connectivity index (χ3v) is 6.52. The van der Waals surface area contributed by atoms with Gasteiger partial charge in [0.2, 0.25) is 0 Å². The van der Waals surface area contributed by atoms with Crippen molar-refractivity contribution in [2.75, 3.05) is 18.0 Å². The third-order valence-electron chi connectivity index (χ3n) is 6.27. The van der Waals surface area contributed by atoms with Crippen LogP contribution in [0.3, 0.4) is 0 Å². The number of benzene rings is 3. The summed E-state index contributed by atoms with van der Waals surface area (Å²) in [7, 11) is 0. The molecule has 0 aromatic heterocycles. The number of halogens is 1. The topological polar surface area (TPSA) is 26.5 Å². The van der Waals surface area contributed by atoms with Gasteiger partial charge in [-0.1, -0.05) is 66.2 Å². The van der Waals surface area contributed by atoms with Gasteiger partial charge in [-0.3, -0.25) is 4.58 Å². The van der Waals surface area contributed by atoms with Gasteiger partial charge in [-0.25, -0.2) is 0 Å². The maximum Gasteiger partial charge on any atom is 0.275 e. The van der Waals surface area contributed by atoms with Crippen molar-refractivity contribution < 1.29 is 9.68 Å². The lowest BCUT2D eigenvalue weighted by Gasteiger charge is -2.29. The van der Waals surface area contributed by atoms with Gasteiger partial charge >= 0.3 is 0 Å². The maximum absolute atomic E-state index is 12.1. The number of nitrogens with zero attached hydrogens (tertiary/aromatic N) is 2. The molecule has 0 saturated carbocycles. The predicted octanol–water partition coefficient (Wildman–Crippen LogP) is 5.66. The van der Waals surface area contributed by atoms with Crippen molar-refractivity contribution in [1.82, 2.24) is 0 Å². The van der Waals surface area contributed by atoms with E-state index in [2.05, 4.69) is 45.9 Å². The Balaban J connectivity index is 1.56. The molecule has 5 rings (SSSR count). The lowest BCUT2D eigenvalue weighted by molar-refractivity contribution is -0.534. The van der Waals surface area contributed by atoms with Crippen molar-refractivity contribution in [2.24, 2.45) is 0 Å². The van der Waals surface area contributed by atoms with Crippen molar-refractivity contribution in [1.29, 1.82) is 0 Å². The van der Waals surface area contributed by atoms with Gasteiger partial charge in [0.15, 0.2) is 6.54 Å². The number of anilines is 1. The van der Waals surface area contributed by atoms with Gasteiger partial charge in [0, 0.05) is 17.0 Å². The zero-order chi connectivity index (χ0) is 20.6. The van der Waals surface area contributed by atoms with Gasteiger partial charge in [0.25, 0.3) is 11.6 Å². The standard InChI is InChI=1S/C26H26ClN2O/c27-23-14-16-24(17-15-23)29-25-9-5-2-6-18-28(25)19-26(29,30)22-12-10-21(11-13-22)20-7-3-1-4-8-20/h1,3-4,7-8,10-17,30H,2,5-6,9,18-19H2/q+1. The SMILES string of the molecule is OC1(c2ccc(-c3ccccc3)cc2)C[N+]2=C(CCCCC2)N1c1ccc(Cl)cc1. The van der Waals surface area contributed by atoms with E-state index < -0.39 is 5.72 Å². The van der Waals surface area contributed by atoms with E-state index in [0.717, 1.165) is 36.2 Å². The highest BCUT2D eigenvalue weighted by Gasteiger charge is 2.53. The smallest absolute Gasteiger partial charge is 0.275 e. The molecule has 4 heteroatoms. The fourth-order valence-electron chi connectivity index (χ4n) is 4.76. The maximum atomic E-state index is 12.1. The Labute approximate surface area is 182 Å². The number of amidine groups is 1. The number of hydrogen-bond donors (Lipinski definition) is 1. The van der Waals surface area contributed by atoms with Gasteiger partial charge in [0.1, 0.15) is 5.69 Å². The van der Waals surface area contributed by atoms with Crippen molar-refractivity contribution in [3.8, 4) is 11.1 Å². The molecule has 0 amide bonds. The van der Waals surface area contributed by atoms with Crippen molar-refractivity contribution in [3.63, 3.8) is 0 Å². The Hall–Kier alpha value is -2.62. The summed E-state index contributed by atoms with van der Waals surface area (Å²) in [6.07, 6.45) is 4.53. The van der Waals surface area contributed by atoms with Crippen molar-refractivity contribution >= 4 is 23.1 Å². The summed E-state index contributed by atoms with van der Waals surface area (Å²) in [6.45, 7) is 1.57. The van der Waals surface area contributed by atoms with Crippen LogP contribution in [0.15, 0.2) is 78.9 Å². The second-order valence-electron chi connectivity index (χ2n) is 8.22. The first-order valence-corrected chi connectivity index (χ1v) is 11.1. The molecular formula is C26H26ClN2O+. The molecular weight excluding hydrogens is 392 g/mol. The van der Waals surface area contributed by atoms with E-state index in [0.29, 0.717) is 11.6 Å². The molecule has 0 fully saturated rings. The molecule has 152 valence electrons. The quantitative estimate of drug-likeness (QED) is 0.557. The summed E-state index contributed by atoms with van der Waals surface area (Å²) in [6, 6.07) is 26.5. The Morgan fingerprint density at radius 3 is 2.23 bits per heavy atom. The molecule has 0 spiro atoms. The lowest BCUT2D eigenvalue weighted by atomic mass is 9.96. The number of rotatable bonds is 3. The zero-order valence-electron chi connectivity index (χ0n) is 17.0. The van der Waals surface area contributed by atoms with Crippen LogP contribution in [0, 0.1) is 0 Å². The molecule has 2 aliphatic heterocycles. The summed E-state index contributed by atoms with van der Waals surface area (Å²) in [5.74, 6) is 1.21. The first-order valence-electron chi connectivity index (χ1n) is 10.7. The van der Waals surface area contributed by atoms with Crippen molar-refractivity contribution in [3.05, 3.63) is 89.4 Å². The van der Waals surface area contributed by atoms with Gasteiger partial charge in [-0.15, -0.1) is 0 Å². The summed E-state index contributed by atoms with van der Waals surface area (Å²) >= 11 is 6.15. The second-order valence-corrected chi connectivity index (χ2v) is 8.66. The average Bonchev–Trinajstić information content (AvgIpc) is 2.91. The van der Waals surface area contributed by atoms with Crippen LogP contribution in [-0.2, 0) is 5.72 Å². The molecule has 2 aliphatic rings. The van der Waals surface area contributed by atoms with E-state index in [1.54, 1.807) is 0 Å². The van der Waals surface area contributed by atoms with Crippen LogP contribution in [0.2, 0.25) is 5.02 Å². The molecule has 0 bridgehead atoms. The highest BCUT2D eigenvalue weighted by molar-refractivity contribution is 6.30. The van der Waals surface area contributed by atoms with Gasteiger partial charge < -0.3 is 5.11 Å². The molecule has 0 radical (unpaired) electrons. The Bertz CT molecular complexity index is 1060. The summed E-state index contributed by atoms with van der Waals surface area (Å²) in [5, 5.41) is 12.8. The summed E-state index contributed by atoms with van der Waals surface area (Å²) in [4.78, 5) is 2.13. The third kappa shape index (κ3) is 3.42. The van der Waals surface area contributed by atoms with E-state index in [-0.39, 0.29) is 0 Å². The van der Waals surface area contributed by atoms with Gasteiger partial charge in [-0.2, -0.15) is 4.90 Å². The predicted molar refractivity (Wildman–Crippen MR) is 123 cm³/mol. The highest BCUT2D eigenvalue weighted by Crippen LogP contribution is 2.38. The minimum atomic E-state index is -1.10. The average molecular weight is 418 g/mol. The summed E-state index contributed by atoms with van der Waals surface area (Å²) < 4.78 is 2.37. The molecule has 30 heavy (non-hydrogen) atoms. The van der Waals surface area contributed by atoms with Crippen LogP contribution < -0.4 is 4.90 Å². The molecule has 1 atom stereocenters. The van der Waals surface area contributed by atoms with E-state index in [1.165, 1.54) is 24.2 Å². The molecule has 1 N–H and O–H groups in total. The fraction of sp³-hybridized carbons (Fsp3) is 0.269. The molecule has 0 aliphatic carbocycles. The lowest BCUT2D eigenvalue weighted by Crippen LogP contribution is -2.47. The largest absolute Gasteiger partial charge is 0.346 e. The van der Waals surface area contributed by atoms with E-state index in [4.69, 9.17) is 11.6 Å². The normalized spacial score (nSPS) is 21.5. The molecule has 3 nitrogen and oxygen atoms in total. The zero-order valence-corrected chi connectivity index (χ0v) is 17.7. The highest BCUT2D eigenvalue weighted by atomic mass is 35.5. The first kappa shape index (κ1) is 19.3.